The number of methoxy groups -OCH3 is 1. The normalized spacial score (nSPS) is 13.3. The first-order valence-corrected chi connectivity index (χ1v) is 7.23. The Morgan fingerprint density at radius 2 is 1.95 bits per heavy atom. The predicted octanol–water partition coefficient (Wildman–Crippen LogP) is 1.95. The molecule has 1 unspecified atom stereocenters. The van der Waals surface area contributed by atoms with E-state index >= 15 is 0 Å². The predicted molar refractivity (Wildman–Crippen MR) is 70.1 cm³/mol. The Morgan fingerprint density at radius 3 is 2.53 bits per heavy atom. The maximum atomic E-state index is 12.0. The van der Waals surface area contributed by atoms with Crippen molar-refractivity contribution in [2.45, 2.75) is 11.0 Å². The second-order valence-electron chi connectivity index (χ2n) is 3.90. The van der Waals surface area contributed by atoms with Gasteiger partial charge < -0.3 is 9.15 Å². The van der Waals surface area contributed by atoms with Crippen molar-refractivity contribution in [2.24, 2.45) is 0 Å². The van der Waals surface area contributed by atoms with E-state index in [4.69, 9.17) is 9.15 Å². The van der Waals surface area contributed by atoms with Gasteiger partial charge in [0, 0.05) is 13.7 Å². The van der Waals surface area contributed by atoms with Gasteiger partial charge in [-0.1, -0.05) is 18.2 Å². The number of hydrogen-bond donors (Lipinski definition) is 1. The lowest BCUT2D eigenvalue weighted by atomic mass is 10.3. The molecule has 0 aliphatic carbocycles. The fraction of sp³-hybridized carbons (Fsp3) is 0.231. The van der Waals surface area contributed by atoms with Crippen molar-refractivity contribution < 1.29 is 17.6 Å². The average molecular weight is 281 g/mol. The lowest BCUT2D eigenvalue weighted by Crippen LogP contribution is -2.29. The molecule has 1 atom stereocenters. The van der Waals surface area contributed by atoms with Crippen LogP contribution in [0.3, 0.4) is 0 Å². The standard InChI is InChI=1S/C13H15NO4S/c1-17-13(12-8-5-9-18-12)10-14-19(15,16)11-6-3-2-4-7-11/h2-9,13-14H,10H2,1H3. The number of sulfonamides is 1. The van der Waals surface area contributed by atoms with Crippen LogP contribution in [0.5, 0.6) is 0 Å². The van der Waals surface area contributed by atoms with Gasteiger partial charge in [-0.3, -0.25) is 0 Å². The molecule has 0 aliphatic heterocycles. The summed E-state index contributed by atoms with van der Waals surface area (Å²) >= 11 is 0. The highest BCUT2D eigenvalue weighted by molar-refractivity contribution is 7.89. The maximum Gasteiger partial charge on any atom is 0.240 e. The zero-order chi connectivity index (χ0) is 13.7. The molecule has 102 valence electrons. The molecule has 1 heterocycles. The summed E-state index contributed by atoms with van der Waals surface area (Å²) in [6.07, 6.45) is 1.07. The average Bonchev–Trinajstić information content (AvgIpc) is 2.94. The van der Waals surface area contributed by atoms with E-state index in [1.54, 1.807) is 30.3 Å². The molecule has 5 nitrogen and oxygen atoms in total. The van der Waals surface area contributed by atoms with E-state index in [9.17, 15) is 8.42 Å². The van der Waals surface area contributed by atoms with Crippen molar-refractivity contribution in [2.75, 3.05) is 13.7 Å². The number of furan rings is 1. The minimum atomic E-state index is -3.53. The SMILES string of the molecule is COC(CNS(=O)(=O)c1ccccc1)c1ccco1. The van der Waals surface area contributed by atoms with Gasteiger partial charge in [-0.2, -0.15) is 0 Å². The third kappa shape index (κ3) is 3.44. The van der Waals surface area contributed by atoms with Crippen LogP contribution in [-0.2, 0) is 14.8 Å². The van der Waals surface area contributed by atoms with Gasteiger partial charge in [-0.15, -0.1) is 0 Å². The third-order valence-corrected chi connectivity index (χ3v) is 4.10. The monoisotopic (exact) mass is 281 g/mol. The van der Waals surface area contributed by atoms with Crippen molar-refractivity contribution in [3.05, 3.63) is 54.5 Å². The zero-order valence-electron chi connectivity index (χ0n) is 10.4. The number of ether oxygens (including phenoxy) is 1. The van der Waals surface area contributed by atoms with Gasteiger partial charge in [0.05, 0.1) is 11.2 Å². The minimum absolute atomic E-state index is 0.112. The second-order valence-corrected chi connectivity index (χ2v) is 5.67. The smallest absolute Gasteiger partial charge is 0.240 e. The summed E-state index contributed by atoms with van der Waals surface area (Å²) in [6.45, 7) is 0.112. The molecule has 0 spiro atoms. The molecule has 0 radical (unpaired) electrons. The summed E-state index contributed by atoms with van der Waals surface area (Å²) in [5.41, 5.74) is 0. The van der Waals surface area contributed by atoms with Gasteiger partial charge in [0.1, 0.15) is 11.9 Å². The van der Waals surface area contributed by atoms with Crippen LogP contribution in [0.25, 0.3) is 0 Å². The van der Waals surface area contributed by atoms with Crippen LogP contribution in [0.4, 0.5) is 0 Å². The summed E-state index contributed by atoms with van der Waals surface area (Å²) in [7, 11) is -2.02. The van der Waals surface area contributed by atoms with Gasteiger partial charge in [0.15, 0.2) is 0 Å². The summed E-state index contributed by atoms with van der Waals surface area (Å²) in [6, 6.07) is 11.7. The second kappa shape index (κ2) is 6.01. The molecular formula is C13H15NO4S. The van der Waals surface area contributed by atoms with E-state index in [1.165, 1.54) is 25.5 Å². The summed E-state index contributed by atoms with van der Waals surface area (Å²) in [4.78, 5) is 0.226. The van der Waals surface area contributed by atoms with Crippen LogP contribution >= 0.6 is 0 Å². The number of benzene rings is 1. The molecular weight excluding hydrogens is 266 g/mol. The molecule has 19 heavy (non-hydrogen) atoms. The van der Waals surface area contributed by atoms with E-state index in [0.29, 0.717) is 5.76 Å². The van der Waals surface area contributed by atoms with Crippen LogP contribution in [-0.4, -0.2) is 22.1 Å². The first-order chi connectivity index (χ1) is 9.13. The Kier molecular flexibility index (Phi) is 4.36. The molecule has 0 fully saturated rings. The van der Waals surface area contributed by atoms with Crippen LogP contribution in [0.15, 0.2) is 58.0 Å². The molecule has 0 saturated heterocycles. The highest BCUT2D eigenvalue weighted by Gasteiger charge is 2.19. The Labute approximate surface area is 112 Å². The Bertz CT molecular complexity index is 593. The van der Waals surface area contributed by atoms with Crippen molar-refractivity contribution >= 4 is 10.0 Å². The molecule has 1 aromatic heterocycles. The molecule has 6 heteroatoms. The molecule has 0 saturated carbocycles. The molecule has 0 aliphatic rings. The minimum Gasteiger partial charge on any atom is -0.467 e. The van der Waals surface area contributed by atoms with Crippen LogP contribution in [0.2, 0.25) is 0 Å². The van der Waals surface area contributed by atoms with Gasteiger partial charge in [-0.05, 0) is 24.3 Å². The highest BCUT2D eigenvalue weighted by atomic mass is 32.2. The molecule has 1 aromatic carbocycles. The zero-order valence-corrected chi connectivity index (χ0v) is 11.3. The van der Waals surface area contributed by atoms with Gasteiger partial charge in [0.25, 0.3) is 0 Å². The van der Waals surface area contributed by atoms with Crippen LogP contribution in [0, 0.1) is 0 Å². The van der Waals surface area contributed by atoms with Crippen LogP contribution < -0.4 is 4.72 Å². The van der Waals surface area contributed by atoms with E-state index in [2.05, 4.69) is 4.72 Å². The first kappa shape index (κ1) is 13.8. The molecule has 0 amide bonds. The van der Waals surface area contributed by atoms with Gasteiger partial charge >= 0.3 is 0 Å². The van der Waals surface area contributed by atoms with Crippen molar-refractivity contribution in [3.8, 4) is 0 Å². The first-order valence-electron chi connectivity index (χ1n) is 5.74. The highest BCUT2D eigenvalue weighted by Crippen LogP contribution is 2.17. The van der Waals surface area contributed by atoms with Crippen molar-refractivity contribution in [3.63, 3.8) is 0 Å². The number of hydrogen-bond acceptors (Lipinski definition) is 4. The molecule has 0 bridgehead atoms. The maximum absolute atomic E-state index is 12.0. The topological polar surface area (TPSA) is 68.5 Å². The largest absolute Gasteiger partial charge is 0.467 e. The summed E-state index contributed by atoms with van der Waals surface area (Å²) < 4.78 is 37.0. The third-order valence-electron chi connectivity index (χ3n) is 2.66. The van der Waals surface area contributed by atoms with Crippen molar-refractivity contribution in [1.29, 1.82) is 0 Å². The molecule has 2 rings (SSSR count). The lowest BCUT2D eigenvalue weighted by Gasteiger charge is -2.14. The van der Waals surface area contributed by atoms with Gasteiger partial charge in [0.2, 0.25) is 10.0 Å². The quantitative estimate of drug-likeness (QED) is 0.878. The summed E-state index contributed by atoms with van der Waals surface area (Å²) in [5, 5.41) is 0. The fourth-order valence-electron chi connectivity index (χ4n) is 1.64. The van der Waals surface area contributed by atoms with E-state index in [-0.39, 0.29) is 11.4 Å². The van der Waals surface area contributed by atoms with E-state index in [1.807, 2.05) is 0 Å². The van der Waals surface area contributed by atoms with Crippen molar-refractivity contribution in [1.82, 2.24) is 4.72 Å². The van der Waals surface area contributed by atoms with E-state index in [0.717, 1.165) is 0 Å². The molecule has 2 aromatic rings. The van der Waals surface area contributed by atoms with E-state index < -0.39 is 16.1 Å². The molecule has 1 N–H and O–H groups in total. The lowest BCUT2D eigenvalue weighted by molar-refractivity contribution is 0.0878. The Morgan fingerprint density at radius 1 is 1.21 bits per heavy atom. The van der Waals surface area contributed by atoms with Crippen LogP contribution in [0.1, 0.15) is 11.9 Å². The Hall–Kier alpha value is -1.63. The Balaban J connectivity index is 2.06. The fourth-order valence-corrected chi connectivity index (χ4v) is 2.70. The number of rotatable bonds is 6. The van der Waals surface area contributed by atoms with Gasteiger partial charge in [-0.25, -0.2) is 13.1 Å². The summed E-state index contributed by atoms with van der Waals surface area (Å²) in [5.74, 6) is 0.582. The number of nitrogens with one attached hydrogen (secondary N) is 1.